The van der Waals surface area contributed by atoms with Gasteiger partial charge in [0.25, 0.3) is 0 Å². The highest BCUT2D eigenvalue weighted by Crippen LogP contribution is 2.32. The Bertz CT molecular complexity index is 1140. The zero-order chi connectivity index (χ0) is 21.0. The van der Waals surface area contributed by atoms with Crippen molar-refractivity contribution < 1.29 is 14.2 Å². The maximum Gasteiger partial charge on any atom is 0.231 e. The van der Waals surface area contributed by atoms with Crippen molar-refractivity contribution in [1.29, 1.82) is 0 Å². The standard InChI is InChI=1S/C24H25N3O3S/c1-28-20-10-8-18(9-11-20)21-15-31-24(26-19-5-3-2-4-6-19)27(21)25-14-17-7-12-22-23(13-17)30-16-29-22/h7-15,19H,2-6,16H2,1H3. The lowest BCUT2D eigenvalue weighted by Gasteiger charge is -2.16. The van der Waals surface area contributed by atoms with E-state index in [0.717, 1.165) is 51.7 Å². The second kappa shape index (κ2) is 8.98. The van der Waals surface area contributed by atoms with E-state index in [-0.39, 0.29) is 6.79 Å². The summed E-state index contributed by atoms with van der Waals surface area (Å²) in [5.41, 5.74) is 3.04. The lowest BCUT2D eigenvalue weighted by Crippen LogP contribution is -2.19. The molecule has 1 aliphatic carbocycles. The molecule has 2 aliphatic rings. The average molecular weight is 436 g/mol. The van der Waals surface area contributed by atoms with Crippen LogP contribution in [0.3, 0.4) is 0 Å². The zero-order valence-electron chi connectivity index (χ0n) is 17.5. The highest BCUT2D eigenvalue weighted by Gasteiger charge is 2.15. The first-order chi connectivity index (χ1) is 15.3. The average Bonchev–Trinajstić information content (AvgIpc) is 3.45. The smallest absolute Gasteiger partial charge is 0.231 e. The molecule has 6 nitrogen and oxygen atoms in total. The number of thiazole rings is 1. The van der Waals surface area contributed by atoms with Crippen LogP contribution in [0, 0.1) is 0 Å². The van der Waals surface area contributed by atoms with E-state index in [4.69, 9.17) is 24.3 Å². The molecule has 2 heterocycles. The summed E-state index contributed by atoms with van der Waals surface area (Å²) in [4.78, 5) is 5.99. The molecule has 5 rings (SSSR count). The summed E-state index contributed by atoms with van der Waals surface area (Å²) in [6.45, 7) is 0.265. The number of rotatable bonds is 5. The number of benzene rings is 2. The summed E-state index contributed by atoms with van der Waals surface area (Å²) < 4.78 is 18.2. The van der Waals surface area contributed by atoms with Crippen molar-refractivity contribution in [3.05, 3.63) is 58.2 Å². The molecular weight excluding hydrogens is 410 g/mol. The van der Waals surface area contributed by atoms with Gasteiger partial charge in [-0.3, -0.25) is 4.99 Å². The molecule has 0 unspecified atom stereocenters. The van der Waals surface area contributed by atoms with Crippen molar-refractivity contribution in [2.75, 3.05) is 13.9 Å². The number of nitrogens with zero attached hydrogens (tertiary/aromatic N) is 3. The van der Waals surface area contributed by atoms with Crippen molar-refractivity contribution in [2.24, 2.45) is 10.1 Å². The number of hydrogen-bond acceptors (Lipinski definition) is 6. The monoisotopic (exact) mass is 435 g/mol. The number of methoxy groups -OCH3 is 1. The molecule has 0 bridgehead atoms. The van der Waals surface area contributed by atoms with Gasteiger partial charge in [-0.25, -0.2) is 4.68 Å². The molecule has 0 atom stereocenters. The second-order valence-corrected chi connectivity index (χ2v) is 8.56. The highest BCUT2D eigenvalue weighted by molar-refractivity contribution is 7.07. The second-order valence-electron chi connectivity index (χ2n) is 7.72. The van der Waals surface area contributed by atoms with E-state index < -0.39 is 0 Å². The first kappa shape index (κ1) is 19.9. The fraction of sp³-hybridized carbons (Fsp3) is 0.333. The molecule has 1 fully saturated rings. The molecule has 0 spiro atoms. The molecule has 2 aromatic carbocycles. The van der Waals surface area contributed by atoms with E-state index in [0.29, 0.717) is 6.04 Å². The molecule has 0 amide bonds. The zero-order valence-corrected chi connectivity index (χ0v) is 18.3. The predicted molar refractivity (Wildman–Crippen MR) is 122 cm³/mol. The summed E-state index contributed by atoms with van der Waals surface area (Å²) in [7, 11) is 1.68. The molecule has 1 aliphatic heterocycles. The summed E-state index contributed by atoms with van der Waals surface area (Å²) >= 11 is 1.64. The van der Waals surface area contributed by atoms with E-state index in [1.807, 2.05) is 41.2 Å². The van der Waals surface area contributed by atoms with Gasteiger partial charge in [0.05, 0.1) is 25.1 Å². The number of ether oxygens (including phenoxy) is 3. The first-order valence-electron chi connectivity index (χ1n) is 10.6. The first-order valence-corrected chi connectivity index (χ1v) is 11.5. The minimum atomic E-state index is 0.265. The fourth-order valence-electron chi connectivity index (χ4n) is 3.94. The van der Waals surface area contributed by atoms with Gasteiger partial charge in [0.2, 0.25) is 11.6 Å². The molecule has 0 radical (unpaired) electrons. The number of fused-ring (bicyclic) bond motifs is 1. The highest BCUT2D eigenvalue weighted by atomic mass is 32.1. The fourth-order valence-corrected chi connectivity index (χ4v) is 4.85. The van der Waals surface area contributed by atoms with Gasteiger partial charge in [0, 0.05) is 10.9 Å². The van der Waals surface area contributed by atoms with Crippen molar-refractivity contribution in [3.8, 4) is 28.5 Å². The summed E-state index contributed by atoms with van der Waals surface area (Å²) in [6.07, 6.45) is 7.98. The molecule has 0 saturated heterocycles. The lowest BCUT2D eigenvalue weighted by atomic mass is 9.96. The minimum Gasteiger partial charge on any atom is -0.497 e. The van der Waals surface area contributed by atoms with Crippen LogP contribution in [-0.2, 0) is 0 Å². The van der Waals surface area contributed by atoms with Crippen LogP contribution in [-0.4, -0.2) is 30.8 Å². The Morgan fingerprint density at radius 3 is 2.65 bits per heavy atom. The van der Waals surface area contributed by atoms with E-state index >= 15 is 0 Å². The Balaban J connectivity index is 1.53. The molecule has 3 aromatic rings. The number of aromatic nitrogens is 1. The number of hydrogen-bond donors (Lipinski definition) is 0. The Kier molecular flexibility index (Phi) is 5.76. The Hall–Kier alpha value is -3.06. The Labute approximate surface area is 185 Å². The third kappa shape index (κ3) is 4.37. The van der Waals surface area contributed by atoms with Crippen LogP contribution >= 0.6 is 11.3 Å². The van der Waals surface area contributed by atoms with E-state index in [9.17, 15) is 0 Å². The van der Waals surface area contributed by atoms with Gasteiger partial charge in [-0.15, -0.1) is 11.3 Å². The van der Waals surface area contributed by atoms with Crippen LogP contribution < -0.4 is 19.0 Å². The van der Waals surface area contributed by atoms with Crippen LogP contribution in [0.15, 0.2) is 57.9 Å². The van der Waals surface area contributed by atoms with Crippen LogP contribution in [0.25, 0.3) is 11.3 Å². The van der Waals surface area contributed by atoms with Gasteiger partial charge in [0.1, 0.15) is 5.75 Å². The topological polar surface area (TPSA) is 57.3 Å². The maximum atomic E-state index is 5.50. The molecule has 0 N–H and O–H groups in total. The van der Waals surface area contributed by atoms with Gasteiger partial charge in [0.15, 0.2) is 11.5 Å². The predicted octanol–water partition coefficient (Wildman–Crippen LogP) is 5.07. The van der Waals surface area contributed by atoms with Crippen molar-refractivity contribution in [2.45, 2.75) is 38.1 Å². The lowest BCUT2D eigenvalue weighted by molar-refractivity contribution is 0.174. The summed E-state index contributed by atoms with van der Waals surface area (Å²) in [5.74, 6) is 2.36. The van der Waals surface area contributed by atoms with Crippen LogP contribution in [0.4, 0.5) is 0 Å². The Morgan fingerprint density at radius 1 is 1.03 bits per heavy atom. The van der Waals surface area contributed by atoms with E-state index in [1.54, 1.807) is 18.4 Å². The maximum absolute atomic E-state index is 5.50. The molecular formula is C24H25N3O3S. The van der Waals surface area contributed by atoms with Crippen molar-refractivity contribution in [3.63, 3.8) is 0 Å². The van der Waals surface area contributed by atoms with Crippen LogP contribution in [0.1, 0.15) is 37.7 Å². The molecule has 31 heavy (non-hydrogen) atoms. The van der Waals surface area contributed by atoms with Gasteiger partial charge in [-0.05, 0) is 60.9 Å². The van der Waals surface area contributed by atoms with Gasteiger partial charge >= 0.3 is 0 Å². The third-order valence-corrected chi connectivity index (χ3v) is 6.49. The molecule has 1 saturated carbocycles. The van der Waals surface area contributed by atoms with Crippen LogP contribution in [0.2, 0.25) is 0 Å². The minimum absolute atomic E-state index is 0.265. The van der Waals surface area contributed by atoms with E-state index in [2.05, 4.69) is 17.5 Å². The largest absolute Gasteiger partial charge is 0.497 e. The summed E-state index contributed by atoms with van der Waals surface area (Å²) in [6, 6.07) is 14.3. The van der Waals surface area contributed by atoms with E-state index in [1.165, 1.54) is 19.3 Å². The van der Waals surface area contributed by atoms with Gasteiger partial charge in [-0.2, -0.15) is 5.10 Å². The molecule has 1 aromatic heterocycles. The van der Waals surface area contributed by atoms with Gasteiger partial charge < -0.3 is 14.2 Å². The normalized spacial score (nSPS) is 16.9. The molecule has 7 heteroatoms. The summed E-state index contributed by atoms with van der Waals surface area (Å²) in [5, 5.41) is 6.95. The van der Waals surface area contributed by atoms with Crippen LogP contribution in [0.5, 0.6) is 17.2 Å². The Morgan fingerprint density at radius 2 is 1.84 bits per heavy atom. The van der Waals surface area contributed by atoms with Crippen molar-refractivity contribution in [1.82, 2.24) is 4.68 Å². The SMILES string of the molecule is COc1ccc(-c2csc(=NC3CCCCC3)n2N=Cc2ccc3c(c2)OCO3)cc1. The quantitative estimate of drug-likeness (QED) is 0.526. The molecule has 160 valence electrons. The third-order valence-electron chi connectivity index (χ3n) is 5.66. The van der Waals surface area contributed by atoms with Gasteiger partial charge in [-0.1, -0.05) is 19.3 Å². The van der Waals surface area contributed by atoms with Crippen molar-refractivity contribution >= 4 is 17.6 Å².